The molecule has 0 unspecified atom stereocenters. The summed E-state index contributed by atoms with van der Waals surface area (Å²) in [6, 6.07) is 7.90. The van der Waals surface area contributed by atoms with Crippen molar-refractivity contribution in [2.24, 2.45) is 0 Å². The minimum Gasteiger partial charge on any atom is -0.192 e. The van der Waals surface area contributed by atoms with Gasteiger partial charge in [0.2, 0.25) is 0 Å². The number of nitrogens with zero attached hydrogens (tertiary/aromatic N) is 1. The molecule has 2 heteroatoms. The third kappa shape index (κ3) is 1.77. The molecule has 0 heterocycles. The van der Waals surface area contributed by atoms with Gasteiger partial charge in [0, 0.05) is 0 Å². The van der Waals surface area contributed by atoms with Gasteiger partial charge in [0.05, 0.1) is 11.6 Å². The maximum absolute atomic E-state index is 8.96. The second-order valence-corrected chi connectivity index (χ2v) is 3.03. The lowest BCUT2D eigenvalue weighted by molar-refractivity contribution is 1.48. The number of hydrogen-bond acceptors (Lipinski definition) is 1. The second kappa shape index (κ2) is 4.48. The Morgan fingerprint density at radius 3 is 2.79 bits per heavy atom. The van der Waals surface area contributed by atoms with Gasteiger partial charge in [0.1, 0.15) is 0 Å². The molecule has 0 amide bonds. The highest BCUT2D eigenvalue weighted by Gasteiger charge is 2.07. The van der Waals surface area contributed by atoms with Crippen LogP contribution in [0.15, 0.2) is 37.4 Å². The first-order valence-corrected chi connectivity index (χ1v) is 4.58. The zero-order valence-corrected chi connectivity index (χ0v) is 8.38. The maximum Gasteiger partial charge on any atom is 0.155 e. The van der Waals surface area contributed by atoms with Crippen molar-refractivity contribution < 1.29 is 0 Å². The van der Waals surface area contributed by atoms with Gasteiger partial charge in [0.15, 0.2) is 7.28 Å². The molecule has 0 saturated carbocycles. The van der Waals surface area contributed by atoms with E-state index in [9.17, 15) is 0 Å². The first-order valence-electron chi connectivity index (χ1n) is 4.58. The quantitative estimate of drug-likeness (QED) is 0.515. The normalized spacial score (nSPS) is 8.86. The topological polar surface area (TPSA) is 23.8 Å². The molecule has 0 saturated heterocycles. The molecule has 14 heavy (non-hydrogen) atoms. The predicted molar refractivity (Wildman–Crippen MR) is 63.0 cm³/mol. The molecule has 1 aromatic carbocycles. The lowest BCUT2D eigenvalue weighted by Gasteiger charge is -2.08. The van der Waals surface area contributed by atoms with Crippen LogP contribution in [0.2, 0.25) is 6.82 Å². The van der Waals surface area contributed by atoms with Gasteiger partial charge < -0.3 is 0 Å². The molecular weight excluding hydrogens is 169 g/mol. The van der Waals surface area contributed by atoms with E-state index in [-0.39, 0.29) is 0 Å². The van der Waals surface area contributed by atoms with Crippen LogP contribution in [0.25, 0.3) is 5.57 Å². The average molecular weight is 181 g/mol. The molecule has 1 aromatic rings. The fourth-order valence-corrected chi connectivity index (χ4v) is 1.47. The first kappa shape index (κ1) is 10.3. The lowest BCUT2D eigenvalue weighted by Crippen LogP contribution is -2.17. The minimum absolute atomic E-state index is 0.675. The van der Waals surface area contributed by atoms with Gasteiger partial charge in [-0.15, -0.1) is 0 Å². The Morgan fingerprint density at radius 1 is 1.57 bits per heavy atom. The van der Waals surface area contributed by atoms with Gasteiger partial charge >= 0.3 is 0 Å². The Balaban J connectivity index is 3.42. The van der Waals surface area contributed by atoms with Gasteiger partial charge in [-0.1, -0.05) is 43.7 Å². The van der Waals surface area contributed by atoms with Crippen LogP contribution in [-0.4, -0.2) is 7.28 Å². The van der Waals surface area contributed by atoms with E-state index in [2.05, 4.69) is 26.1 Å². The minimum atomic E-state index is 0.675. The van der Waals surface area contributed by atoms with E-state index in [1.54, 1.807) is 6.08 Å². The van der Waals surface area contributed by atoms with E-state index in [0.717, 1.165) is 23.9 Å². The van der Waals surface area contributed by atoms with Crippen molar-refractivity contribution >= 4 is 18.3 Å². The van der Waals surface area contributed by atoms with Crippen molar-refractivity contribution in [3.05, 3.63) is 48.6 Å². The van der Waals surface area contributed by atoms with E-state index in [1.165, 1.54) is 0 Å². The third-order valence-corrected chi connectivity index (χ3v) is 2.22. The Kier molecular flexibility index (Phi) is 3.31. The summed E-state index contributed by atoms with van der Waals surface area (Å²) >= 11 is 0. The van der Waals surface area contributed by atoms with Gasteiger partial charge in [-0.25, -0.2) is 0 Å². The number of rotatable bonds is 3. The molecule has 0 N–H and O–H groups in total. The van der Waals surface area contributed by atoms with Crippen LogP contribution in [0.1, 0.15) is 11.1 Å². The summed E-state index contributed by atoms with van der Waals surface area (Å²) in [6.45, 7) is 9.64. The summed E-state index contributed by atoms with van der Waals surface area (Å²) in [5, 5.41) is 8.96. The first-order chi connectivity index (χ1) is 6.74. The molecule has 0 aliphatic carbocycles. The Morgan fingerprint density at radius 2 is 2.29 bits per heavy atom. The summed E-state index contributed by atoms with van der Waals surface area (Å²) in [7, 11) is 0.901. The summed E-state index contributed by atoms with van der Waals surface area (Å²) in [5.41, 5.74) is 3.58. The van der Waals surface area contributed by atoms with Crippen molar-refractivity contribution in [1.29, 1.82) is 5.26 Å². The third-order valence-electron chi connectivity index (χ3n) is 2.22. The van der Waals surface area contributed by atoms with Gasteiger partial charge in [-0.3, -0.25) is 0 Å². The van der Waals surface area contributed by atoms with E-state index in [0.29, 0.717) is 5.56 Å². The van der Waals surface area contributed by atoms with Gasteiger partial charge in [0.25, 0.3) is 0 Å². The van der Waals surface area contributed by atoms with Crippen LogP contribution in [0.3, 0.4) is 0 Å². The smallest absolute Gasteiger partial charge is 0.155 e. The molecule has 1 nitrogen and oxygen atoms in total. The molecule has 0 aliphatic heterocycles. The van der Waals surface area contributed by atoms with Crippen LogP contribution in [0.4, 0.5) is 0 Å². The van der Waals surface area contributed by atoms with Crippen molar-refractivity contribution in [2.75, 3.05) is 0 Å². The van der Waals surface area contributed by atoms with Crippen LogP contribution in [0.5, 0.6) is 0 Å². The number of hydrogen-bond donors (Lipinski definition) is 0. The maximum atomic E-state index is 8.96. The van der Waals surface area contributed by atoms with E-state index in [4.69, 9.17) is 5.26 Å². The van der Waals surface area contributed by atoms with Crippen LogP contribution >= 0.6 is 0 Å². The van der Waals surface area contributed by atoms with Crippen LogP contribution in [0, 0.1) is 11.3 Å². The second-order valence-electron chi connectivity index (χ2n) is 3.03. The predicted octanol–water partition coefficient (Wildman–Crippen LogP) is 1.87. The fourth-order valence-electron chi connectivity index (χ4n) is 1.47. The molecular formula is C12H12BN. The van der Waals surface area contributed by atoms with Crippen molar-refractivity contribution in [3.63, 3.8) is 0 Å². The van der Waals surface area contributed by atoms with Crippen molar-refractivity contribution in [1.82, 2.24) is 0 Å². The SMILES string of the molecule is C=CC(=C)c1c(BC)cccc1C#N. The standard InChI is InChI=1S/C12H12BN/c1-4-9(2)12-10(8-14)6-5-7-11(12)13-3/h4-7,13H,1-2H2,3H3. The Hall–Kier alpha value is -1.75. The number of allylic oxidation sites excluding steroid dienone is 2. The zero-order chi connectivity index (χ0) is 10.6. The molecule has 0 spiro atoms. The van der Waals surface area contributed by atoms with E-state index >= 15 is 0 Å². The molecule has 0 atom stereocenters. The molecule has 1 rings (SSSR count). The summed E-state index contributed by atoms with van der Waals surface area (Å²) in [4.78, 5) is 0. The summed E-state index contributed by atoms with van der Waals surface area (Å²) in [6.07, 6.45) is 1.69. The number of benzene rings is 1. The largest absolute Gasteiger partial charge is 0.192 e. The van der Waals surface area contributed by atoms with Crippen LogP contribution in [-0.2, 0) is 0 Å². The zero-order valence-electron chi connectivity index (χ0n) is 8.38. The van der Waals surface area contributed by atoms with E-state index in [1.807, 2.05) is 18.2 Å². The van der Waals surface area contributed by atoms with Crippen molar-refractivity contribution in [3.8, 4) is 6.07 Å². The van der Waals surface area contributed by atoms with Gasteiger partial charge in [-0.2, -0.15) is 5.26 Å². The van der Waals surface area contributed by atoms with Gasteiger partial charge in [-0.05, 0) is 17.2 Å². The van der Waals surface area contributed by atoms with E-state index < -0.39 is 0 Å². The highest BCUT2D eigenvalue weighted by molar-refractivity contribution is 6.53. The Labute approximate surface area is 85.6 Å². The number of nitriles is 1. The fraction of sp³-hybridized carbons (Fsp3) is 0.0833. The molecule has 0 aliphatic rings. The molecule has 68 valence electrons. The molecule has 0 fully saturated rings. The van der Waals surface area contributed by atoms with Crippen molar-refractivity contribution in [2.45, 2.75) is 6.82 Å². The molecule has 0 radical (unpaired) electrons. The molecule has 0 bridgehead atoms. The highest BCUT2D eigenvalue weighted by atomic mass is 14.2. The lowest BCUT2D eigenvalue weighted by atomic mass is 9.69. The monoisotopic (exact) mass is 181 g/mol. The summed E-state index contributed by atoms with van der Waals surface area (Å²) in [5.74, 6) is 0. The highest BCUT2D eigenvalue weighted by Crippen LogP contribution is 2.15. The summed E-state index contributed by atoms with van der Waals surface area (Å²) < 4.78 is 0. The molecule has 0 aromatic heterocycles. The Bertz CT molecular complexity index is 413. The average Bonchev–Trinajstić information content (AvgIpc) is 2.26. The van der Waals surface area contributed by atoms with Crippen LogP contribution < -0.4 is 5.46 Å².